The molecule has 110 valence electrons. The molecule has 1 unspecified atom stereocenters. The number of ether oxygens (including phenoxy) is 1. The Hall–Kier alpha value is -1.78. The lowest BCUT2D eigenvalue weighted by molar-refractivity contribution is -0.147. The van der Waals surface area contributed by atoms with Crippen LogP contribution in [0, 0.1) is 0 Å². The van der Waals surface area contributed by atoms with Gasteiger partial charge in [0.15, 0.2) is 0 Å². The fraction of sp³-hybridized carbons (Fsp3) is 0.600. The molecule has 1 aliphatic rings. The normalized spacial score (nSPS) is 17.4. The zero-order valence-corrected chi connectivity index (χ0v) is 12.3. The van der Waals surface area contributed by atoms with Gasteiger partial charge in [-0.3, -0.25) is 4.79 Å². The van der Waals surface area contributed by atoms with Crippen LogP contribution in [0.3, 0.4) is 0 Å². The Morgan fingerprint density at radius 1 is 1.50 bits per heavy atom. The molecule has 20 heavy (non-hydrogen) atoms. The van der Waals surface area contributed by atoms with Crippen LogP contribution in [-0.2, 0) is 9.53 Å². The van der Waals surface area contributed by atoms with Crippen LogP contribution in [0.15, 0.2) is 18.3 Å². The van der Waals surface area contributed by atoms with Crippen LogP contribution in [0.2, 0.25) is 0 Å². The smallest absolute Gasteiger partial charge is 0.331 e. The average Bonchev–Trinajstić information content (AvgIpc) is 3.14. The highest BCUT2D eigenvalue weighted by Crippen LogP contribution is 2.36. The molecule has 1 amide bonds. The van der Waals surface area contributed by atoms with Crippen molar-refractivity contribution in [2.75, 3.05) is 7.11 Å². The van der Waals surface area contributed by atoms with E-state index in [0.29, 0.717) is 18.2 Å². The van der Waals surface area contributed by atoms with Crippen molar-refractivity contribution in [2.24, 2.45) is 0 Å². The van der Waals surface area contributed by atoms with Crippen LogP contribution < -0.4 is 5.32 Å². The summed E-state index contributed by atoms with van der Waals surface area (Å²) in [5.41, 5.74) is -0.363. The van der Waals surface area contributed by atoms with E-state index in [1.807, 2.05) is 23.8 Å². The number of nitrogens with zero attached hydrogens (tertiary/aromatic N) is 1. The predicted octanol–water partition coefficient (Wildman–Crippen LogP) is 2.28. The Labute approximate surface area is 119 Å². The highest BCUT2D eigenvalue weighted by atomic mass is 16.5. The number of carbonyl (C=O) groups is 2. The first-order valence-corrected chi connectivity index (χ1v) is 7.09. The molecule has 1 heterocycles. The molecule has 5 nitrogen and oxygen atoms in total. The zero-order valence-electron chi connectivity index (χ0n) is 12.3. The van der Waals surface area contributed by atoms with E-state index < -0.39 is 11.5 Å². The second-order valence-corrected chi connectivity index (χ2v) is 5.56. The van der Waals surface area contributed by atoms with Crippen molar-refractivity contribution in [3.63, 3.8) is 0 Å². The number of aromatic nitrogens is 1. The fourth-order valence-corrected chi connectivity index (χ4v) is 2.51. The van der Waals surface area contributed by atoms with Crippen LogP contribution in [0.25, 0.3) is 0 Å². The molecule has 1 fully saturated rings. The molecule has 1 saturated carbocycles. The van der Waals surface area contributed by atoms with Gasteiger partial charge in [-0.2, -0.15) is 0 Å². The largest absolute Gasteiger partial charge is 0.467 e. The van der Waals surface area contributed by atoms with Crippen molar-refractivity contribution >= 4 is 11.9 Å². The van der Waals surface area contributed by atoms with Gasteiger partial charge >= 0.3 is 5.97 Å². The maximum atomic E-state index is 12.4. The molecule has 1 aromatic heterocycles. The Morgan fingerprint density at radius 2 is 2.20 bits per heavy atom. The van der Waals surface area contributed by atoms with E-state index in [0.717, 1.165) is 19.3 Å². The molecule has 0 saturated heterocycles. The molecule has 0 aromatic carbocycles. The number of carbonyl (C=O) groups excluding carboxylic acids is 2. The minimum absolute atomic E-state index is 0.219. The average molecular weight is 278 g/mol. The van der Waals surface area contributed by atoms with Crippen molar-refractivity contribution in [2.45, 2.75) is 51.1 Å². The summed E-state index contributed by atoms with van der Waals surface area (Å²) in [6.45, 7) is 3.69. The molecular formula is C15H22N2O3. The summed E-state index contributed by atoms with van der Waals surface area (Å²) in [6, 6.07) is 4.08. The standard InChI is InChI=1S/C15H22N2O3/c1-4-9-15(2,14(19)20-3)16-13(18)12-6-5-10-17(12)11-7-8-11/h5-6,10-11H,4,7-9H2,1-3H3,(H,16,18). The van der Waals surface area contributed by atoms with Crippen molar-refractivity contribution in [1.82, 2.24) is 9.88 Å². The first-order valence-electron chi connectivity index (χ1n) is 7.09. The molecule has 1 aromatic rings. The second kappa shape index (κ2) is 5.69. The Morgan fingerprint density at radius 3 is 2.75 bits per heavy atom. The second-order valence-electron chi connectivity index (χ2n) is 5.56. The molecule has 0 aliphatic heterocycles. The van der Waals surface area contributed by atoms with E-state index in [1.54, 1.807) is 13.0 Å². The minimum atomic E-state index is -0.973. The minimum Gasteiger partial charge on any atom is -0.467 e. The highest BCUT2D eigenvalue weighted by molar-refractivity contribution is 5.97. The van der Waals surface area contributed by atoms with Crippen LogP contribution in [0.5, 0.6) is 0 Å². The van der Waals surface area contributed by atoms with Gasteiger partial charge < -0.3 is 14.6 Å². The summed E-state index contributed by atoms with van der Waals surface area (Å²) in [4.78, 5) is 24.3. The van der Waals surface area contributed by atoms with Crippen LogP contribution in [0.1, 0.15) is 56.1 Å². The van der Waals surface area contributed by atoms with E-state index in [2.05, 4.69) is 5.32 Å². The third-order valence-corrected chi connectivity index (χ3v) is 3.73. The van der Waals surface area contributed by atoms with E-state index in [-0.39, 0.29) is 5.91 Å². The number of rotatable bonds is 6. The van der Waals surface area contributed by atoms with E-state index in [4.69, 9.17) is 4.74 Å². The molecule has 5 heteroatoms. The van der Waals surface area contributed by atoms with Gasteiger partial charge in [-0.05, 0) is 38.3 Å². The molecule has 2 rings (SSSR count). The summed E-state index contributed by atoms with van der Waals surface area (Å²) in [5.74, 6) is -0.625. The van der Waals surface area contributed by atoms with Gasteiger partial charge in [-0.25, -0.2) is 4.79 Å². The molecule has 1 aliphatic carbocycles. The summed E-state index contributed by atoms with van der Waals surface area (Å²) in [5, 5.41) is 2.84. The molecule has 1 N–H and O–H groups in total. The summed E-state index contributed by atoms with van der Waals surface area (Å²) < 4.78 is 6.80. The Bertz CT molecular complexity index is 505. The van der Waals surface area contributed by atoms with Gasteiger partial charge in [0.05, 0.1) is 7.11 Å². The lowest BCUT2D eigenvalue weighted by atomic mass is 9.96. The summed E-state index contributed by atoms with van der Waals surface area (Å²) in [6.07, 6.45) is 5.48. The monoisotopic (exact) mass is 278 g/mol. The SMILES string of the molecule is CCCC(C)(NC(=O)c1cccn1C1CC1)C(=O)OC. The third kappa shape index (κ3) is 2.86. The maximum Gasteiger partial charge on any atom is 0.331 e. The first kappa shape index (κ1) is 14.6. The topological polar surface area (TPSA) is 60.3 Å². The van der Waals surface area contributed by atoms with Gasteiger partial charge in [0.2, 0.25) is 0 Å². The van der Waals surface area contributed by atoms with Crippen molar-refractivity contribution in [1.29, 1.82) is 0 Å². The van der Waals surface area contributed by atoms with Crippen LogP contribution in [-0.4, -0.2) is 29.1 Å². The van der Waals surface area contributed by atoms with Gasteiger partial charge in [0, 0.05) is 12.2 Å². The number of amides is 1. The predicted molar refractivity (Wildman–Crippen MR) is 75.5 cm³/mol. The summed E-state index contributed by atoms with van der Waals surface area (Å²) in [7, 11) is 1.34. The lowest BCUT2D eigenvalue weighted by Gasteiger charge is -2.27. The molecule has 0 spiro atoms. The quantitative estimate of drug-likeness (QED) is 0.812. The van der Waals surface area contributed by atoms with E-state index in [9.17, 15) is 9.59 Å². The molecule has 0 radical (unpaired) electrons. The summed E-state index contributed by atoms with van der Waals surface area (Å²) >= 11 is 0. The number of hydrogen-bond acceptors (Lipinski definition) is 3. The Balaban J connectivity index is 2.15. The van der Waals surface area contributed by atoms with Crippen LogP contribution in [0.4, 0.5) is 0 Å². The Kier molecular flexibility index (Phi) is 4.16. The van der Waals surface area contributed by atoms with Crippen molar-refractivity contribution in [3.05, 3.63) is 24.0 Å². The number of hydrogen-bond donors (Lipinski definition) is 1. The number of nitrogens with one attached hydrogen (secondary N) is 1. The maximum absolute atomic E-state index is 12.4. The highest BCUT2D eigenvalue weighted by Gasteiger charge is 2.36. The molecule has 0 bridgehead atoms. The van der Waals surface area contributed by atoms with E-state index >= 15 is 0 Å². The third-order valence-electron chi connectivity index (χ3n) is 3.73. The van der Waals surface area contributed by atoms with Gasteiger partial charge in [-0.15, -0.1) is 0 Å². The number of methoxy groups -OCH3 is 1. The van der Waals surface area contributed by atoms with Crippen molar-refractivity contribution in [3.8, 4) is 0 Å². The van der Waals surface area contributed by atoms with Gasteiger partial charge in [0.25, 0.3) is 5.91 Å². The fourth-order valence-electron chi connectivity index (χ4n) is 2.51. The lowest BCUT2D eigenvalue weighted by Crippen LogP contribution is -2.53. The first-order chi connectivity index (χ1) is 9.51. The van der Waals surface area contributed by atoms with Crippen molar-refractivity contribution < 1.29 is 14.3 Å². The molecular weight excluding hydrogens is 256 g/mol. The number of esters is 1. The molecule has 1 atom stereocenters. The zero-order chi connectivity index (χ0) is 14.8. The van der Waals surface area contributed by atoms with Gasteiger partial charge in [-0.1, -0.05) is 13.3 Å². The van der Waals surface area contributed by atoms with Crippen LogP contribution >= 0.6 is 0 Å². The van der Waals surface area contributed by atoms with E-state index in [1.165, 1.54) is 7.11 Å². The van der Waals surface area contributed by atoms with Gasteiger partial charge in [0.1, 0.15) is 11.2 Å².